The number of rotatable bonds is 8. The Labute approximate surface area is 179 Å². The number of carbonyl (C=O) groups is 1. The van der Waals surface area contributed by atoms with Gasteiger partial charge in [-0.1, -0.05) is 18.2 Å². The lowest BCUT2D eigenvalue weighted by atomic mass is 10.1. The van der Waals surface area contributed by atoms with Crippen LogP contribution in [0.25, 0.3) is 0 Å². The number of ether oxygens (including phenoxy) is 1. The van der Waals surface area contributed by atoms with E-state index in [1.807, 2.05) is 29.2 Å². The number of aromatic nitrogens is 1. The summed E-state index contributed by atoms with van der Waals surface area (Å²) in [5.74, 6) is -0.353. The van der Waals surface area contributed by atoms with Crippen LogP contribution in [0.15, 0.2) is 54.0 Å². The summed E-state index contributed by atoms with van der Waals surface area (Å²) in [6.07, 6.45) is 0. The number of nitrogens with one attached hydrogen (secondary N) is 1. The summed E-state index contributed by atoms with van der Waals surface area (Å²) in [5, 5.41) is 12.0. The van der Waals surface area contributed by atoms with E-state index in [0.29, 0.717) is 22.9 Å². The fourth-order valence-electron chi connectivity index (χ4n) is 2.81. The van der Waals surface area contributed by atoms with Crippen LogP contribution in [0.4, 0.5) is 10.7 Å². The second-order valence-corrected chi connectivity index (χ2v) is 7.87. The van der Waals surface area contributed by atoms with Gasteiger partial charge in [-0.2, -0.15) is 5.26 Å². The predicted molar refractivity (Wildman–Crippen MR) is 115 cm³/mol. The third-order valence-electron chi connectivity index (χ3n) is 4.21. The van der Waals surface area contributed by atoms with Gasteiger partial charge >= 0.3 is 0 Å². The number of amides is 1. The molecule has 10 heteroatoms. The molecule has 0 aliphatic rings. The smallest absolute Gasteiger partial charge is 0.273 e. The zero-order chi connectivity index (χ0) is 21.5. The number of carbonyl (C=O) groups excluding carboxylic acids is 1. The van der Waals surface area contributed by atoms with Crippen molar-refractivity contribution in [1.29, 1.82) is 5.26 Å². The second kappa shape index (κ2) is 9.87. The Bertz CT molecular complexity index is 1140. The van der Waals surface area contributed by atoms with Crippen molar-refractivity contribution in [2.24, 2.45) is 0 Å². The number of thiol groups is 1. The molecule has 2 aromatic carbocycles. The summed E-state index contributed by atoms with van der Waals surface area (Å²) >= 11 is 1.25. The molecule has 0 spiro atoms. The van der Waals surface area contributed by atoms with E-state index in [0.717, 1.165) is 11.3 Å². The van der Waals surface area contributed by atoms with Crippen LogP contribution in [0.5, 0.6) is 5.75 Å². The maximum atomic E-state index is 12.5. The van der Waals surface area contributed by atoms with Crippen molar-refractivity contribution in [3.63, 3.8) is 0 Å². The summed E-state index contributed by atoms with van der Waals surface area (Å²) in [6.45, 7) is 0.369. The molecule has 30 heavy (non-hydrogen) atoms. The Kier molecular flexibility index (Phi) is 7.00. The Balaban J connectivity index is 2.03. The molecular weight excluding hydrogens is 424 g/mol. The molecular formula is C20H18N4O4S2. The van der Waals surface area contributed by atoms with Crippen LogP contribution >= 0.6 is 11.3 Å². The Hall–Kier alpha value is -3.42. The summed E-state index contributed by atoms with van der Waals surface area (Å²) in [7, 11) is -1.16. The minimum atomic E-state index is -2.75. The standard InChI is InChI=1S/C20H18N4O4S2/c1-28-17-5-3-2-4-15(17)11-24(16-8-6-14(10-21)7-9-16)20-18(22-12-29-20)19(25)23-13-30(26)27/h2-9,12,30H,11,13H2,1H3,(H,23,25). The van der Waals surface area contributed by atoms with Crippen molar-refractivity contribution in [2.75, 3.05) is 17.9 Å². The fraction of sp³-hybridized carbons (Fsp3) is 0.150. The van der Waals surface area contributed by atoms with Gasteiger partial charge in [-0.15, -0.1) is 11.3 Å². The van der Waals surface area contributed by atoms with E-state index in [1.165, 1.54) is 16.8 Å². The minimum absolute atomic E-state index is 0.121. The van der Waals surface area contributed by atoms with Gasteiger partial charge in [0.05, 0.1) is 30.8 Å². The molecule has 1 heterocycles. The molecule has 0 atom stereocenters. The van der Waals surface area contributed by atoms with Crippen molar-refractivity contribution in [2.45, 2.75) is 6.54 Å². The third-order valence-corrected chi connectivity index (χ3v) is 5.47. The molecule has 0 fully saturated rings. The molecule has 0 unspecified atom stereocenters. The Morgan fingerprint density at radius 3 is 2.63 bits per heavy atom. The van der Waals surface area contributed by atoms with Crippen molar-refractivity contribution in [3.05, 3.63) is 70.9 Å². The summed E-state index contributed by atoms with van der Waals surface area (Å²) in [5.41, 5.74) is 3.79. The van der Waals surface area contributed by atoms with Gasteiger partial charge in [0, 0.05) is 11.3 Å². The molecule has 0 radical (unpaired) electrons. The zero-order valence-electron chi connectivity index (χ0n) is 15.9. The van der Waals surface area contributed by atoms with Crippen LogP contribution in [-0.4, -0.2) is 32.3 Å². The molecule has 0 saturated heterocycles. The van der Waals surface area contributed by atoms with E-state index in [-0.39, 0.29) is 5.69 Å². The topological polar surface area (TPSA) is 112 Å². The molecule has 3 aromatic rings. The van der Waals surface area contributed by atoms with Crippen molar-refractivity contribution in [1.82, 2.24) is 10.3 Å². The highest BCUT2D eigenvalue weighted by molar-refractivity contribution is 7.72. The van der Waals surface area contributed by atoms with Crippen LogP contribution in [0.3, 0.4) is 0 Å². The first-order valence-corrected chi connectivity index (χ1v) is 11.0. The number of hydrogen-bond donors (Lipinski definition) is 2. The highest BCUT2D eigenvalue weighted by Crippen LogP contribution is 2.35. The molecule has 0 bridgehead atoms. The number of nitriles is 1. The van der Waals surface area contributed by atoms with Gasteiger partial charge in [0.1, 0.15) is 16.6 Å². The van der Waals surface area contributed by atoms with E-state index in [2.05, 4.69) is 16.4 Å². The zero-order valence-corrected chi connectivity index (χ0v) is 17.7. The van der Waals surface area contributed by atoms with Gasteiger partial charge < -0.3 is 15.0 Å². The SMILES string of the molecule is COc1ccccc1CN(c1ccc(C#N)cc1)c1scnc1C(=O)NC[SH](=O)=O. The van der Waals surface area contributed by atoms with Crippen LogP contribution in [-0.2, 0) is 17.2 Å². The van der Waals surface area contributed by atoms with Crippen molar-refractivity contribution >= 4 is 38.6 Å². The molecule has 0 saturated carbocycles. The van der Waals surface area contributed by atoms with E-state index >= 15 is 0 Å². The van der Waals surface area contributed by atoms with Gasteiger partial charge in [-0.3, -0.25) is 4.79 Å². The van der Waals surface area contributed by atoms with Gasteiger partial charge in [0.15, 0.2) is 16.4 Å². The molecule has 1 N–H and O–H groups in total. The average Bonchev–Trinajstić information content (AvgIpc) is 3.25. The summed E-state index contributed by atoms with van der Waals surface area (Å²) in [4.78, 5) is 18.5. The molecule has 0 aliphatic carbocycles. The Morgan fingerprint density at radius 1 is 1.23 bits per heavy atom. The predicted octanol–water partition coefficient (Wildman–Crippen LogP) is 2.66. The highest BCUT2D eigenvalue weighted by Gasteiger charge is 2.22. The average molecular weight is 443 g/mol. The number of hydrogen-bond acceptors (Lipinski definition) is 8. The van der Waals surface area contributed by atoms with Gasteiger partial charge in [-0.05, 0) is 30.3 Å². The number of anilines is 2. The second-order valence-electron chi connectivity index (χ2n) is 6.06. The van der Waals surface area contributed by atoms with E-state index in [9.17, 15) is 13.2 Å². The highest BCUT2D eigenvalue weighted by atomic mass is 32.2. The lowest BCUT2D eigenvalue weighted by Crippen LogP contribution is -2.27. The normalized spacial score (nSPS) is 10.4. The van der Waals surface area contributed by atoms with E-state index in [1.54, 1.807) is 31.4 Å². The minimum Gasteiger partial charge on any atom is -0.496 e. The lowest BCUT2D eigenvalue weighted by Gasteiger charge is -2.25. The van der Waals surface area contributed by atoms with Crippen LogP contribution < -0.4 is 15.0 Å². The van der Waals surface area contributed by atoms with Crippen LogP contribution in [0.2, 0.25) is 0 Å². The number of para-hydroxylation sites is 1. The number of benzene rings is 2. The quantitative estimate of drug-likeness (QED) is 0.516. The lowest BCUT2D eigenvalue weighted by molar-refractivity contribution is 0.0956. The first kappa shape index (κ1) is 21.3. The summed E-state index contributed by atoms with van der Waals surface area (Å²) in [6, 6.07) is 16.5. The maximum Gasteiger partial charge on any atom is 0.273 e. The van der Waals surface area contributed by atoms with Crippen LogP contribution in [0.1, 0.15) is 21.6 Å². The van der Waals surface area contributed by atoms with Crippen LogP contribution in [0, 0.1) is 11.3 Å². The van der Waals surface area contributed by atoms with E-state index < -0.39 is 22.5 Å². The number of thiazole rings is 1. The summed E-state index contributed by atoms with van der Waals surface area (Å²) < 4.78 is 27.1. The Morgan fingerprint density at radius 2 is 1.97 bits per heavy atom. The molecule has 1 aromatic heterocycles. The van der Waals surface area contributed by atoms with Gasteiger partial charge in [0.2, 0.25) is 0 Å². The van der Waals surface area contributed by atoms with Gasteiger partial charge in [0.25, 0.3) is 5.91 Å². The molecule has 8 nitrogen and oxygen atoms in total. The van der Waals surface area contributed by atoms with E-state index in [4.69, 9.17) is 10.00 Å². The maximum absolute atomic E-state index is 12.5. The van der Waals surface area contributed by atoms with Crippen molar-refractivity contribution in [3.8, 4) is 11.8 Å². The first-order chi connectivity index (χ1) is 14.5. The monoisotopic (exact) mass is 442 g/mol. The van der Waals surface area contributed by atoms with Gasteiger partial charge in [-0.25, -0.2) is 13.4 Å². The molecule has 1 amide bonds. The largest absolute Gasteiger partial charge is 0.496 e. The molecule has 154 valence electrons. The number of nitrogens with zero attached hydrogens (tertiary/aromatic N) is 3. The fourth-order valence-corrected chi connectivity index (χ4v) is 3.89. The first-order valence-electron chi connectivity index (χ1n) is 8.76. The molecule has 0 aliphatic heterocycles. The number of methoxy groups -OCH3 is 1. The van der Waals surface area contributed by atoms with Crippen molar-refractivity contribution < 1.29 is 17.9 Å². The third kappa shape index (κ3) is 4.94. The molecule has 3 rings (SSSR count).